The summed E-state index contributed by atoms with van der Waals surface area (Å²) in [5, 5.41) is 5.81. The second-order valence-corrected chi connectivity index (χ2v) is 4.84. The lowest BCUT2D eigenvalue weighted by Gasteiger charge is -2.05. The van der Waals surface area contributed by atoms with E-state index in [4.69, 9.17) is 0 Å². The molecule has 3 aromatic rings. The van der Waals surface area contributed by atoms with Crippen LogP contribution in [0.4, 0.5) is 0 Å². The van der Waals surface area contributed by atoms with Crippen molar-refractivity contribution in [3.63, 3.8) is 0 Å². The van der Waals surface area contributed by atoms with Crippen molar-refractivity contribution in [3.8, 4) is 11.3 Å². The molecule has 1 aliphatic carbocycles. The molecule has 98 valence electrons. The molecule has 20 heavy (non-hydrogen) atoms. The third-order valence-electron chi connectivity index (χ3n) is 3.83. The maximum absolute atomic E-state index is 12.6. The second-order valence-electron chi connectivity index (χ2n) is 4.84. The van der Waals surface area contributed by atoms with E-state index in [9.17, 15) is 9.59 Å². The molecule has 0 saturated heterocycles. The van der Waals surface area contributed by atoms with E-state index in [-0.39, 0.29) is 11.3 Å². The lowest BCUT2D eigenvalue weighted by atomic mass is 10.0. The minimum absolute atomic E-state index is 0.0394. The van der Waals surface area contributed by atoms with Gasteiger partial charge >= 0.3 is 0 Å². The summed E-state index contributed by atoms with van der Waals surface area (Å²) in [6.07, 6.45) is 0.613. The predicted octanol–water partition coefficient (Wildman–Crippen LogP) is 2.02. The van der Waals surface area contributed by atoms with Gasteiger partial charge < -0.3 is 0 Å². The Morgan fingerprint density at radius 2 is 1.85 bits per heavy atom. The molecule has 2 heterocycles. The fraction of sp³-hybridized carbons (Fsp3) is 0.133. The Morgan fingerprint density at radius 1 is 1.10 bits per heavy atom. The quantitative estimate of drug-likeness (QED) is 0.552. The van der Waals surface area contributed by atoms with Crippen molar-refractivity contribution < 1.29 is 4.79 Å². The van der Waals surface area contributed by atoms with Crippen LogP contribution in [0.5, 0.6) is 0 Å². The molecular formula is C15H11N3O2. The fourth-order valence-corrected chi connectivity index (χ4v) is 2.96. The van der Waals surface area contributed by atoms with Crippen LogP contribution in [0.3, 0.4) is 0 Å². The predicted molar refractivity (Wildman–Crippen MR) is 75.0 cm³/mol. The lowest BCUT2D eigenvalue weighted by molar-refractivity contribution is 0.104. The number of rotatable bonds is 1. The van der Waals surface area contributed by atoms with Gasteiger partial charge in [0, 0.05) is 11.1 Å². The molecule has 0 atom stereocenters. The minimum atomic E-state index is -0.226. The summed E-state index contributed by atoms with van der Waals surface area (Å²) in [7, 11) is 0. The molecule has 0 unspecified atom stereocenters. The van der Waals surface area contributed by atoms with E-state index < -0.39 is 0 Å². The number of pyridine rings is 1. The average Bonchev–Trinajstić information content (AvgIpc) is 2.98. The van der Waals surface area contributed by atoms with Crippen LogP contribution in [0.15, 0.2) is 29.1 Å². The average molecular weight is 265 g/mol. The van der Waals surface area contributed by atoms with Crippen LogP contribution < -0.4 is 5.56 Å². The first-order valence-corrected chi connectivity index (χ1v) is 6.49. The number of nitrogens with zero attached hydrogens (tertiary/aromatic N) is 1. The van der Waals surface area contributed by atoms with Crippen molar-refractivity contribution >= 4 is 16.8 Å². The molecule has 0 amide bonds. The van der Waals surface area contributed by atoms with E-state index in [0.29, 0.717) is 34.3 Å². The zero-order valence-corrected chi connectivity index (χ0v) is 10.8. The summed E-state index contributed by atoms with van der Waals surface area (Å²) < 4.78 is 0. The maximum Gasteiger partial charge on any atom is 0.273 e. The molecule has 1 aromatic carbocycles. The van der Waals surface area contributed by atoms with E-state index in [2.05, 4.69) is 15.2 Å². The fourth-order valence-electron chi connectivity index (χ4n) is 2.96. The molecule has 0 bridgehead atoms. The number of benzene rings is 1. The molecule has 0 fully saturated rings. The third kappa shape index (κ3) is 1.19. The summed E-state index contributed by atoms with van der Waals surface area (Å²) in [5.74, 6) is -0.0394. The number of carbonyl (C=O) groups is 1. The van der Waals surface area contributed by atoms with Crippen LogP contribution >= 0.6 is 0 Å². The summed E-state index contributed by atoms with van der Waals surface area (Å²) in [6.45, 7) is 1.94. The van der Waals surface area contributed by atoms with Crippen LogP contribution in [-0.4, -0.2) is 21.0 Å². The van der Waals surface area contributed by atoms with E-state index >= 15 is 0 Å². The van der Waals surface area contributed by atoms with Crippen molar-refractivity contribution in [2.45, 2.75) is 13.3 Å². The second kappa shape index (κ2) is 3.66. The molecule has 4 rings (SSSR count). The number of ketones is 1. The Balaban J connectivity index is 2.22. The number of aromatic nitrogens is 3. The van der Waals surface area contributed by atoms with Crippen LogP contribution in [0.1, 0.15) is 28.4 Å². The molecule has 1 aliphatic rings. The molecule has 0 radical (unpaired) electrons. The highest BCUT2D eigenvalue weighted by molar-refractivity contribution is 6.23. The molecule has 2 aromatic heterocycles. The van der Waals surface area contributed by atoms with E-state index in [1.165, 1.54) is 0 Å². The van der Waals surface area contributed by atoms with E-state index in [1.54, 1.807) is 6.07 Å². The summed E-state index contributed by atoms with van der Waals surface area (Å²) >= 11 is 0. The first-order chi connectivity index (χ1) is 9.72. The molecule has 0 spiro atoms. The smallest absolute Gasteiger partial charge is 0.273 e. The number of nitrogens with one attached hydrogen (secondary N) is 2. The van der Waals surface area contributed by atoms with Gasteiger partial charge in [-0.3, -0.25) is 19.8 Å². The Kier molecular flexibility index (Phi) is 2.04. The highest BCUT2D eigenvalue weighted by atomic mass is 16.1. The molecular weight excluding hydrogens is 254 g/mol. The lowest BCUT2D eigenvalue weighted by Crippen LogP contribution is -2.07. The van der Waals surface area contributed by atoms with Gasteiger partial charge in [-0.25, -0.2) is 4.98 Å². The zero-order chi connectivity index (χ0) is 13.9. The van der Waals surface area contributed by atoms with Gasteiger partial charge in [0.15, 0.2) is 11.4 Å². The van der Waals surface area contributed by atoms with Crippen molar-refractivity contribution in [2.24, 2.45) is 0 Å². The number of hydrogen-bond donors (Lipinski definition) is 2. The van der Waals surface area contributed by atoms with Crippen LogP contribution in [-0.2, 0) is 6.42 Å². The number of hydrogen-bond acceptors (Lipinski definition) is 3. The Hall–Kier alpha value is -2.69. The van der Waals surface area contributed by atoms with Gasteiger partial charge in [0.05, 0.1) is 16.6 Å². The molecule has 0 saturated carbocycles. The van der Waals surface area contributed by atoms with Crippen LogP contribution in [0.25, 0.3) is 22.3 Å². The Bertz CT molecular complexity index is 934. The van der Waals surface area contributed by atoms with Crippen molar-refractivity contribution in [1.29, 1.82) is 0 Å². The first-order valence-electron chi connectivity index (χ1n) is 6.49. The summed E-state index contributed by atoms with van der Waals surface area (Å²) in [6, 6.07) is 7.42. The SMILES string of the molecule is CCc1c2c(nc3[nH][nH]c(=O)c13)-c1ccccc1C2=O. The van der Waals surface area contributed by atoms with Gasteiger partial charge in [-0.15, -0.1) is 0 Å². The van der Waals surface area contributed by atoms with Gasteiger partial charge in [0.25, 0.3) is 5.56 Å². The minimum Gasteiger partial charge on any atom is -0.288 e. The third-order valence-corrected chi connectivity index (χ3v) is 3.83. The van der Waals surface area contributed by atoms with Gasteiger partial charge in [-0.2, -0.15) is 0 Å². The first kappa shape index (κ1) is 11.2. The van der Waals surface area contributed by atoms with Gasteiger partial charge in [-0.05, 0) is 12.0 Å². The summed E-state index contributed by atoms with van der Waals surface area (Å²) in [4.78, 5) is 29.0. The van der Waals surface area contributed by atoms with Crippen LogP contribution in [0.2, 0.25) is 0 Å². The number of aromatic amines is 2. The number of carbonyl (C=O) groups excluding carboxylic acids is 1. The van der Waals surface area contributed by atoms with Gasteiger partial charge in [0.1, 0.15) is 0 Å². The van der Waals surface area contributed by atoms with Crippen molar-refractivity contribution in [1.82, 2.24) is 15.2 Å². The highest BCUT2D eigenvalue weighted by Gasteiger charge is 2.32. The number of fused-ring (bicyclic) bond motifs is 4. The van der Waals surface area contributed by atoms with Crippen LogP contribution in [0, 0.1) is 0 Å². The van der Waals surface area contributed by atoms with E-state index in [0.717, 1.165) is 11.1 Å². The monoisotopic (exact) mass is 265 g/mol. The largest absolute Gasteiger partial charge is 0.288 e. The highest BCUT2D eigenvalue weighted by Crippen LogP contribution is 2.38. The molecule has 5 heteroatoms. The topological polar surface area (TPSA) is 78.6 Å². The zero-order valence-electron chi connectivity index (χ0n) is 10.8. The number of aryl methyl sites for hydroxylation is 1. The number of H-pyrrole nitrogens is 2. The molecule has 2 N–H and O–H groups in total. The van der Waals surface area contributed by atoms with E-state index in [1.807, 2.05) is 25.1 Å². The van der Waals surface area contributed by atoms with Gasteiger partial charge in [-0.1, -0.05) is 31.2 Å². The summed E-state index contributed by atoms with van der Waals surface area (Å²) in [5.41, 5.74) is 3.80. The Labute approximate surface area is 113 Å². The standard InChI is InChI=1S/C15H11N3O2/c1-2-7-10-12(16-14-11(7)15(20)18-17-14)8-5-3-4-6-9(8)13(10)19/h3-6H,2H2,1H3,(H2,16,17,18,20). The normalized spacial score (nSPS) is 12.8. The Morgan fingerprint density at radius 3 is 2.60 bits per heavy atom. The molecule has 5 nitrogen and oxygen atoms in total. The maximum atomic E-state index is 12.6. The van der Waals surface area contributed by atoms with Crippen molar-refractivity contribution in [3.05, 3.63) is 51.3 Å². The van der Waals surface area contributed by atoms with Crippen molar-refractivity contribution in [2.75, 3.05) is 0 Å². The van der Waals surface area contributed by atoms with Gasteiger partial charge in [0.2, 0.25) is 0 Å². The molecule has 0 aliphatic heterocycles.